The van der Waals surface area contributed by atoms with E-state index in [1.807, 2.05) is 25.1 Å². The van der Waals surface area contributed by atoms with Gasteiger partial charge in [0.2, 0.25) is 0 Å². The number of nitrogens with one attached hydrogen (secondary N) is 1. The first kappa shape index (κ1) is 11.5. The summed E-state index contributed by atoms with van der Waals surface area (Å²) in [6.45, 7) is 5.68. The molecule has 3 N–H and O–H groups in total. The largest absolute Gasteiger partial charge is 0.388 e. The van der Waals surface area contributed by atoms with Gasteiger partial charge in [0, 0.05) is 25.2 Å². The van der Waals surface area contributed by atoms with Gasteiger partial charge in [-0.25, -0.2) is 4.98 Å². The average molecular weight is 206 g/mol. The molecule has 0 aliphatic rings. The van der Waals surface area contributed by atoms with Crippen molar-refractivity contribution in [2.45, 2.75) is 20.3 Å². The van der Waals surface area contributed by atoms with Crippen molar-refractivity contribution in [3.8, 4) is 0 Å². The second-order valence-electron chi connectivity index (χ2n) is 3.49. The molecule has 1 rings (SSSR count). The van der Waals surface area contributed by atoms with Gasteiger partial charge < -0.3 is 10.6 Å². The predicted octanol–water partition coefficient (Wildman–Crippen LogP) is 1.54. The molecule has 4 nitrogen and oxygen atoms in total. The van der Waals surface area contributed by atoms with Crippen LogP contribution in [0.4, 0.5) is 5.82 Å². The van der Waals surface area contributed by atoms with Crippen LogP contribution in [0.3, 0.4) is 0 Å². The van der Waals surface area contributed by atoms with Crippen molar-refractivity contribution in [2.24, 2.45) is 5.73 Å². The van der Waals surface area contributed by atoms with Crippen LogP contribution in [-0.2, 0) is 0 Å². The van der Waals surface area contributed by atoms with E-state index in [4.69, 9.17) is 11.1 Å². The lowest BCUT2D eigenvalue weighted by Crippen LogP contribution is -2.28. The number of hydrogen-bond acceptors (Lipinski definition) is 3. The van der Waals surface area contributed by atoms with Gasteiger partial charge in [0.15, 0.2) is 0 Å². The smallest absolute Gasteiger partial charge is 0.128 e. The molecule has 0 spiro atoms. The van der Waals surface area contributed by atoms with Crippen LogP contribution in [0.1, 0.15) is 19.0 Å². The summed E-state index contributed by atoms with van der Waals surface area (Å²) in [5.41, 5.74) is 6.35. The van der Waals surface area contributed by atoms with Crippen LogP contribution in [0.25, 0.3) is 0 Å². The summed E-state index contributed by atoms with van der Waals surface area (Å²) in [5, 5.41) is 7.20. The van der Waals surface area contributed by atoms with E-state index in [1.165, 1.54) is 0 Å². The standard InChI is InChI=1S/C11H18N4/c1-3-15(8-7-10(12)13)11-6-4-5-9(2)14-11/h4-6H,3,7-8H2,1-2H3,(H3,12,13). The van der Waals surface area contributed by atoms with Gasteiger partial charge in [0.05, 0.1) is 5.84 Å². The molecule has 0 saturated heterocycles. The van der Waals surface area contributed by atoms with Gasteiger partial charge in [-0.1, -0.05) is 6.07 Å². The summed E-state index contributed by atoms with van der Waals surface area (Å²) in [7, 11) is 0. The zero-order chi connectivity index (χ0) is 11.3. The Balaban J connectivity index is 2.69. The molecule has 1 aromatic heterocycles. The Kier molecular flexibility index (Phi) is 4.09. The summed E-state index contributed by atoms with van der Waals surface area (Å²) in [6, 6.07) is 5.95. The fourth-order valence-electron chi connectivity index (χ4n) is 1.39. The van der Waals surface area contributed by atoms with Crippen molar-refractivity contribution < 1.29 is 0 Å². The topological polar surface area (TPSA) is 66.0 Å². The third-order valence-electron chi connectivity index (χ3n) is 2.23. The van der Waals surface area contributed by atoms with Crippen LogP contribution in [0, 0.1) is 12.3 Å². The first-order valence-electron chi connectivity index (χ1n) is 5.15. The van der Waals surface area contributed by atoms with Crippen molar-refractivity contribution in [2.75, 3.05) is 18.0 Å². The number of aryl methyl sites for hydroxylation is 1. The molecule has 1 aromatic rings. The maximum atomic E-state index is 7.20. The Labute approximate surface area is 90.6 Å². The minimum absolute atomic E-state index is 0.223. The van der Waals surface area contributed by atoms with E-state index in [0.717, 1.165) is 24.6 Å². The third kappa shape index (κ3) is 3.58. The number of nitrogens with two attached hydrogens (primary N) is 1. The average Bonchev–Trinajstić information content (AvgIpc) is 2.18. The third-order valence-corrected chi connectivity index (χ3v) is 2.23. The quantitative estimate of drug-likeness (QED) is 0.567. The summed E-state index contributed by atoms with van der Waals surface area (Å²) >= 11 is 0. The summed E-state index contributed by atoms with van der Waals surface area (Å²) < 4.78 is 0. The van der Waals surface area contributed by atoms with Crippen molar-refractivity contribution in [3.05, 3.63) is 23.9 Å². The van der Waals surface area contributed by atoms with E-state index in [0.29, 0.717) is 6.42 Å². The van der Waals surface area contributed by atoms with E-state index in [1.54, 1.807) is 0 Å². The molecule has 0 aliphatic heterocycles. The molecule has 0 saturated carbocycles. The van der Waals surface area contributed by atoms with Crippen molar-refractivity contribution in [3.63, 3.8) is 0 Å². The number of amidine groups is 1. The van der Waals surface area contributed by atoms with Gasteiger partial charge in [-0.05, 0) is 26.0 Å². The Hall–Kier alpha value is -1.58. The van der Waals surface area contributed by atoms with E-state index >= 15 is 0 Å². The molecule has 1 heterocycles. The highest BCUT2D eigenvalue weighted by Crippen LogP contribution is 2.10. The number of anilines is 1. The van der Waals surface area contributed by atoms with E-state index < -0.39 is 0 Å². The second-order valence-corrected chi connectivity index (χ2v) is 3.49. The molecule has 82 valence electrons. The number of nitrogens with zero attached hydrogens (tertiary/aromatic N) is 2. The Bertz CT molecular complexity index is 335. The Morgan fingerprint density at radius 3 is 2.80 bits per heavy atom. The molecule has 0 bridgehead atoms. The molecule has 0 fully saturated rings. The molecule has 0 aromatic carbocycles. The lowest BCUT2D eigenvalue weighted by Gasteiger charge is -2.21. The second kappa shape index (κ2) is 5.34. The molecular formula is C11H18N4. The molecule has 4 heteroatoms. The zero-order valence-corrected chi connectivity index (χ0v) is 9.33. The predicted molar refractivity (Wildman–Crippen MR) is 63.4 cm³/mol. The van der Waals surface area contributed by atoms with E-state index in [9.17, 15) is 0 Å². The van der Waals surface area contributed by atoms with Crippen molar-refractivity contribution >= 4 is 11.7 Å². The van der Waals surface area contributed by atoms with Gasteiger partial charge >= 0.3 is 0 Å². The number of aromatic nitrogens is 1. The highest BCUT2D eigenvalue weighted by Gasteiger charge is 2.05. The van der Waals surface area contributed by atoms with Gasteiger partial charge in [-0.3, -0.25) is 5.41 Å². The Morgan fingerprint density at radius 2 is 2.27 bits per heavy atom. The molecule has 0 atom stereocenters. The summed E-state index contributed by atoms with van der Waals surface area (Å²) in [4.78, 5) is 6.56. The maximum absolute atomic E-state index is 7.20. The zero-order valence-electron chi connectivity index (χ0n) is 9.33. The molecular weight excluding hydrogens is 188 g/mol. The minimum atomic E-state index is 0.223. The van der Waals surface area contributed by atoms with Crippen LogP contribution in [0.15, 0.2) is 18.2 Å². The minimum Gasteiger partial charge on any atom is -0.388 e. The first-order valence-corrected chi connectivity index (χ1v) is 5.15. The molecule has 0 amide bonds. The van der Waals surface area contributed by atoms with Gasteiger partial charge in [0.1, 0.15) is 5.82 Å². The SMILES string of the molecule is CCN(CCC(=N)N)c1cccc(C)n1. The molecule has 0 radical (unpaired) electrons. The highest BCUT2D eigenvalue weighted by molar-refractivity contribution is 5.77. The van der Waals surface area contributed by atoms with E-state index in [-0.39, 0.29) is 5.84 Å². The van der Waals surface area contributed by atoms with Gasteiger partial charge in [-0.15, -0.1) is 0 Å². The molecule has 0 aliphatic carbocycles. The van der Waals surface area contributed by atoms with Gasteiger partial charge in [0.25, 0.3) is 0 Å². The monoisotopic (exact) mass is 206 g/mol. The normalized spacial score (nSPS) is 10.0. The lowest BCUT2D eigenvalue weighted by molar-refractivity contribution is 0.812. The molecule has 0 unspecified atom stereocenters. The summed E-state index contributed by atoms with van der Waals surface area (Å²) in [6.07, 6.45) is 0.587. The van der Waals surface area contributed by atoms with Crippen LogP contribution in [0.2, 0.25) is 0 Å². The van der Waals surface area contributed by atoms with Crippen LogP contribution >= 0.6 is 0 Å². The van der Waals surface area contributed by atoms with Crippen LogP contribution in [0.5, 0.6) is 0 Å². The lowest BCUT2D eigenvalue weighted by atomic mass is 10.3. The summed E-state index contributed by atoms with van der Waals surface area (Å²) in [5.74, 6) is 1.18. The van der Waals surface area contributed by atoms with E-state index in [2.05, 4.69) is 16.8 Å². The first-order chi connectivity index (χ1) is 7.13. The van der Waals surface area contributed by atoms with Crippen molar-refractivity contribution in [1.82, 2.24) is 4.98 Å². The van der Waals surface area contributed by atoms with Gasteiger partial charge in [-0.2, -0.15) is 0 Å². The Morgan fingerprint density at radius 1 is 1.53 bits per heavy atom. The van der Waals surface area contributed by atoms with Crippen LogP contribution in [-0.4, -0.2) is 23.9 Å². The molecule has 15 heavy (non-hydrogen) atoms. The number of pyridine rings is 1. The highest BCUT2D eigenvalue weighted by atomic mass is 15.2. The van der Waals surface area contributed by atoms with Crippen LogP contribution < -0.4 is 10.6 Å². The number of rotatable bonds is 5. The fraction of sp³-hybridized carbons (Fsp3) is 0.455. The fourth-order valence-corrected chi connectivity index (χ4v) is 1.39. The maximum Gasteiger partial charge on any atom is 0.128 e. The number of hydrogen-bond donors (Lipinski definition) is 2. The van der Waals surface area contributed by atoms with Crippen molar-refractivity contribution in [1.29, 1.82) is 5.41 Å².